The van der Waals surface area contributed by atoms with Crippen LogP contribution in [-0.2, 0) is 6.42 Å². The lowest BCUT2D eigenvalue weighted by Crippen LogP contribution is -2.05. The third-order valence-electron chi connectivity index (χ3n) is 1.88. The van der Waals surface area contributed by atoms with Gasteiger partial charge in [-0.2, -0.15) is 5.41 Å². The lowest BCUT2D eigenvalue weighted by molar-refractivity contribution is 1.30. The van der Waals surface area contributed by atoms with Gasteiger partial charge in [0.25, 0.3) is 0 Å². The number of rotatable bonds is 0. The molecule has 11 heavy (non-hydrogen) atoms. The zero-order valence-electron chi connectivity index (χ0n) is 6.12. The Kier molecular flexibility index (Phi) is 1.35. The molecular formula is C10H8N. The van der Waals surface area contributed by atoms with Gasteiger partial charge in [0, 0.05) is 6.42 Å². The second kappa shape index (κ2) is 2.35. The van der Waals surface area contributed by atoms with Gasteiger partial charge in [-0.25, -0.2) is 0 Å². The molecule has 2 rings (SSSR count). The summed E-state index contributed by atoms with van der Waals surface area (Å²) in [5, 5.41) is 9.19. The smallest absolute Gasteiger partial charge is 0.0674 e. The summed E-state index contributed by atoms with van der Waals surface area (Å²) < 4.78 is 0. The van der Waals surface area contributed by atoms with Crippen molar-refractivity contribution in [2.45, 2.75) is 6.42 Å². The largest absolute Gasteiger partial charge is 0.155 e. The summed E-state index contributed by atoms with van der Waals surface area (Å²) in [6.45, 7) is 0. The molecule has 0 saturated heterocycles. The summed E-state index contributed by atoms with van der Waals surface area (Å²) in [5.41, 5.74) is 2.86. The van der Waals surface area contributed by atoms with Crippen LogP contribution in [0.25, 0.3) is 6.08 Å². The molecule has 0 aliphatic heterocycles. The number of benzene rings is 1. The van der Waals surface area contributed by atoms with Crippen molar-refractivity contribution in [2.75, 3.05) is 0 Å². The number of hydrogen-bond donors (Lipinski definition) is 0. The second-order valence-electron chi connectivity index (χ2n) is 2.70. The first-order valence-electron chi connectivity index (χ1n) is 3.67. The number of hydrogen-bond acceptors (Lipinski definition) is 0. The fraction of sp³-hybridized carbons (Fsp3) is 0.100. The Morgan fingerprint density at radius 1 is 1.09 bits per heavy atom. The van der Waals surface area contributed by atoms with E-state index in [1.165, 1.54) is 11.1 Å². The molecule has 1 aromatic carbocycles. The molecule has 1 radical (unpaired) electrons. The molecule has 0 atom stereocenters. The zero-order chi connectivity index (χ0) is 7.68. The van der Waals surface area contributed by atoms with Crippen molar-refractivity contribution >= 4 is 11.8 Å². The van der Waals surface area contributed by atoms with E-state index in [2.05, 4.69) is 6.07 Å². The first-order valence-corrected chi connectivity index (χ1v) is 3.67. The molecule has 1 aliphatic carbocycles. The Labute approximate surface area is 65.9 Å². The molecule has 0 saturated carbocycles. The van der Waals surface area contributed by atoms with Crippen LogP contribution in [0, 0.1) is 0 Å². The first-order chi connectivity index (χ1) is 5.36. The molecule has 1 heteroatoms. The number of fused-ring (bicyclic) bond motifs is 1. The number of nitrogens with zero attached hydrogens (tertiary/aromatic N) is 1. The molecule has 0 heterocycles. The van der Waals surface area contributed by atoms with Crippen molar-refractivity contribution < 1.29 is 0 Å². The SMILES string of the molecule is [N]=C1C=Cc2ccccc2C1. The lowest BCUT2D eigenvalue weighted by Gasteiger charge is -2.08. The third kappa shape index (κ3) is 1.09. The van der Waals surface area contributed by atoms with Gasteiger partial charge < -0.3 is 0 Å². The summed E-state index contributed by atoms with van der Waals surface area (Å²) >= 11 is 0. The topological polar surface area (TPSA) is 22.3 Å². The fourth-order valence-corrected chi connectivity index (χ4v) is 1.30. The third-order valence-corrected chi connectivity index (χ3v) is 1.88. The van der Waals surface area contributed by atoms with Crippen molar-refractivity contribution in [3.8, 4) is 0 Å². The van der Waals surface area contributed by atoms with Gasteiger partial charge in [-0.05, 0) is 17.2 Å². The van der Waals surface area contributed by atoms with Crippen LogP contribution in [0.5, 0.6) is 0 Å². The predicted molar refractivity (Wildman–Crippen MR) is 46.3 cm³/mol. The van der Waals surface area contributed by atoms with Crippen LogP contribution in [0.2, 0.25) is 0 Å². The van der Waals surface area contributed by atoms with Crippen molar-refractivity contribution in [1.29, 1.82) is 0 Å². The van der Waals surface area contributed by atoms with Gasteiger partial charge in [0.1, 0.15) is 0 Å². The standard InChI is InChI=1S/C10H8N/c11-10-6-5-8-3-1-2-4-9(8)7-10/h1-6H,7H2. The molecule has 53 valence electrons. The molecule has 0 bridgehead atoms. The van der Waals surface area contributed by atoms with E-state index >= 15 is 0 Å². The van der Waals surface area contributed by atoms with Crippen LogP contribution in [0.15, 0.2) is 30.3 Å². The van der Waals surface area contributed by atoms with Crippen molar-refractivity contribution in [2.24, 2.45) is 0 Å². The van der Waals surface area contributed by atoms with Crippen LogP contribution in [0.4, 0.5) is 0 Å². The van der Waals surface area contributed by atoms with Gasteiger partial charge in [0.15, 0.2) is 0 Å². The minimum Gasteiger partial charge on any atom is -0.155 e. The molecule has 0 spiro atoms. The van der Waals surface area contributed by atoms with E-state index in [0.29, 0.717) is 12.1 Å². The highest BCUT2D eigenvalue weighted by atomic mass is 14.4. The van der Waals surface area contributed by atoms with E-state index in [9.17, 15) is 5.41 Å². The number of allylic oxidation sites excluding steroid dienone is 1. The maximum absolute atomic E-state index is 9.19. The van der Waals surface area contributed by atoms with Crippen LogP contribution in [0.3, 0.4) is 0 Å². The minimum atomic E-state index is 0.448. The van der Waals surface area contributed by atoms with Crippen LogP contribution >= 0.6 is 0 Å². The molecular weight excluding hydrogens is 134 g/mol. The highest BCUT2D eigenvalue weighted by Gasteiger charge is 2.05. The van der Waals surface area contributed by atoms with E-state index in [4.69, 9.17) is 0 Å². The van der Waals surface area contributed by atoms with E-state index in [1.54, 1.807) is 6.08 Å². The summed E-state index contributed by atoms with van der Waals surface area (Å²) in [4.78, 5) is 0. The van der Waals surface area contributed by atoms with Crippen LogP contribution < -0.4 is 5.41 Å². The van der Waals surface area contributed by atoms with E-state index in [1.807, 2.05) is 24.3 Å². The minimum absolute atomic E-state index is 0.448. The normalized spacial score (nSPS) is 14.7. The second-order valence-corrected chi connectivity index (χ2v) is 2.70. The predicted octanol–water partition coefficient (Wildman–Crippen LogP) is 1.50. The molecule has 0 fully saturated rings. The highest BCUT2D eigenvalue weighted by Crippen LogP contribution is 2.15. The quantitative estimate of drug-likeness (QED) is 0.523. The average Bonchev–Trinajstić information content (AvgIpc) is 2.04. The van der Waals surface area contributed by atoms with E-state index in [0.717, 1.165) is 0 Å². The van der Waals surface area contributed by atoms with Crippen molar-refractivity contribution in [3.05, 3.63) is 41.5 Å². The maximum Gasteiger partial charge on any atom is 0.0674 e. The first kappa shape index (κ1) is 6.35. The Morgan fingerprint density at radius 2 is 1.91 bits per heavy atom. The Hall–Kier alpha value is -1.37. The van der Waals surface area contributed by atoms with Crippen molar-refractivity contribution in [3.63, 3.8) is 0 Å². The van der Waals surface area contributed by atoms with Gasteiger partial charge in [-0.15, -0.1) is 0 Å². The summed E-state index contributed by atoms with van der Waals surface area (Å²) in [6, 6.07) is 8.09. The van der Waals surface area contributed by atoms with Crippen molar-refractivity contribution in [1.82, 2.24) is 5.41 Å². The Balaban J connectivity index is 2.54. The molecule has 0 N–H and O–H groups in total. The summed E-state index contributed by atoms with van der Waals surface area (Å²) in [5.74, 6) is 0. The lowest BCUT2D eigenvalue weighted by atomic mass is 9.97. The average molecular weight is 142 g/mol. The van der Waals surface area contributed by atoms with Gasteiger partial charge in [0.2, 0.25) is 0 Å². The van der Waals surface area contributed by atoms with Gasteiger partial charge in [-0.3, -0.25) is 0 Å². The van der Waals surface area contributed by atoms with E-state index in [-0.39, 0.29) is 0 Å². The summed E-state index contributed by atoms with van der Waals surface area (Å²) in [6.07, 6.45) is 4.36. The maximum atomic E-state index is 9.19. The molecule has 0 aromatic heterocycles. The molecule has 0 unspecified atom stereocenters. The Morgan fingerprint density at radius 3 is 2.82 bits per heavy atom. The molecule has 1 nitrogen and oxygen atoms in total. The molecule has 0 amide bonds. The fourth-order valence-electron chi connectivity index (χ4n) is 1.30. The van der Waals surface area contributed by atoms with Crippen LogP contribution in [-0.4, -0.2) is 5.71 Å². The zero-order valence-corrected chi connectivity index (χ0v) is 6.12. The monoisotopic (exact) mass is 142 g/mol. The van der Waals surface area contributed by atoms with Gasteiger partial charge in [0.05, 0.1) is 5.71 Å². The van der Waals surface area contributed by atoms with Gasteiger partial charge in [-0.1, -0.05) is 30.3 Å². The highest BCUT2D eigenvalue weighted by molar-refractivity contribution is 6.00. The molecule has 1 aliphatic rings. The van der Waals surface area contributed by atoms with E-state index < -0.39 is 0 Å². The summed E-state index contributed by atoms with van der Waals surface area (Å²) in [7, 11) is 0. The molecule has 1 aromatic rings. The van der Waals surface area contributed by atoms with Gasteiger partial charge >= 0.3 is 0 Å². The Bertz CT molecular complexity index is 323. The van der Waals surface area contributed by atoms with Crippen LogP contribution in [0.1, 0.15) is 11.1 Å².